The Morgan fingerprint density at radius 1 is 1.22 bits per heavy atom. The van der Waals surface area contributed by atoms with Crippen LogP contribution in [0.3, 0.4) is 0 Å². The third kappa shape index (κ3) is 2.48. The van der Waals surface area contributed by atoms with Crippen molar-refractivity contribution in [2.24, 2.45) is 0 Å². The molecule has 3 aromatic rings. The van der Waals surface area contributed by atoms with Gasteiger partial charge in [-0.25, -0.2) is 4.98 Å². The molecule has 4 nitrogen and oxygen atoms in total. The van der Waals surface area contributed by atoms with Gasteiger partial charge in [0.1, 0.15) is 5.82 Å². The summed E-state index contributed by atoms with van der Waals surface area (Å²) in [6, 6.07) is 6.76. The van der Waals surface area contributed by atoms with E-state index in [-0.39, 0.29) is 0 Å². The molecule has 3 heterocycles. The maximum absolute atomic E-state index is 4.46. The first-order valence-corrected chi connectivity index (χ1v) is 8.36. The molecule has 1 aliphatic heterocycles. The summed E-state index contributed by atoms with van der Waals surface area (Å²) < 4.78 is 2.51. The van der Waals surface area contributed by atoms with E-state index < -0.39 is 0 Å². The lowest BCUT2D eigenvalue weighted by molar-refractivity contribution is 0.621. The predicted octanol–water partition coefficient (Wildman–Crippen LogP) is 3.65. The molecule has 118 valence electrons. The van der Waals surface area contributed by atoms with Gasteiger partial charge in [0.2, 0.25) is 0 Å². The number of nitrogens with one attached hydrogen (secondary N) is 1. The third-order valence-corrected chi connectivity index (χ3v) is 4.82. The Morgan fingerprint density at radius 2 is 2.13 bits per heavy atom. The molecule has 0 unspecified atom stereocenters. The van der Waals surface area contributed by atoms with Gasteiger partial charge in [0, 0.05) is 30.4 Å². The number of aryl methyl sites for hydroxylation is 3. The summed E-state index contributed by atoms with van der Waals surface area (Å²) in [6.07, 6.45) is 7.03. The SMILES string of the molecule is Cc1cncc(NCCc2c(C)n3c4c(cccc24)CCC3)n1. The summed E-state index contributed by atoms with van der Waals surface area (Å²) in [7, 11) is 0. The zero-order chi connectivity index (χ0) is 15.8. The molecule has 0 spiro atoms. The van der Waals surface area contributed by atoms with Gasteiger partial charge in [0.25, 0.3) is 0 Å². The van der Waals surface area contributed by atoms with Crippen molar-refractivity contribution in [1.29, 1.82) is 0 Å². The number of rotatable bonds is 4. The van der Waals surface area contributed by atoms with Gasteiger partial charge in [-0.15, -0.1) is 0 Å². The summed E-state index contributed by atoms with van der Waals surface area (Å²) >= 11 is 0. The van der Waals surface area contributed by atoms with Crippen LogP contribution < -0.4 is 5.32 Å². The fourth-order valence-electron chi connectivity index (χ4n) is 3.77. The number of anilines is 1. The maximum atomic E-state index is 4.46. The van der Waals surface area contributed by atoms with E-state index in [0.717, 1.165) is 31.0 Å². The normalized spacial score (nSPS) is 13.5. The Hall–Kier alpha value is -2.36. The van der Waals surface area contributed by atoms with Crippen LogP contribution in [-0.4, -0.2) is 21.1 Å². The van der Waals surface area contributed by atoms with E-state index in [1.165, 1.54) is 40.6 Å². The fraction of sp³-hybridized carbons (Fsp3) is 0.368. The third-order valence-electron chi connectivity index (χ3n) is 4.82. The van der Waals surface area contributed by atoms with E-state index in [1.54, 1.807) is 12.4 Å². The molecule has 0 saturated carbocycles. The minimum Gasteiger partial charge on any atom is -0.368 e. The second-order valence-corrected chi connectivity index (χ2v) is 6.35. The molecule has 0 amide bonds. The molecule has 0 atom stereocenters. The number of aromatic nitrogens is 3. The highest BCUT2D eigenvalue weighted by molar-refractivity contribution is 5.88. The molecule has 0 radical (unpaired) electrons. The van der Waals surface area contributed by atoms with Crippen molar-refractivity contribution < 1.29 is 0 Å². The standard InChI is InChI=1S/C19H22N4/c1-13-11-20-12-18(22-13)21-9-8-16-14(2)23-10-4-6-15-5-3-7-17(16)19(15)23/h3,5,7,11-12H,4,6,8-10H2,1-2H3,(H,21,22). The molecule has 1 aliphatic rings. The summed E-state index contributed by atoms with van der Waals surface area (Å²) in [5.74, 6) is 0.858. The highest BCUT2D eigenvalue weighted by Gasteiger charge is 2.19. The molecule has 0 aliphatic carbocycles. The molecule has 2 aromatic heterocycles. The number of para-hydroxylation sites is 1. The van der Waals surface area contributed by atoms with Crippen LogP contribution in [-0.2, 0) is 19.4 Å². The molecule has 23 heavy (non-hydrogen) atoms. The van der Waals surface area contributed by atoms with E-state index in [1.807, 2.05) is 6.92 Å². The summed E-state index contributed by atoms with van der Waals surface area (Å²) in [5, 5.41) is 4.83. The minimum atomic E-state index is 0.858. The molecule has 4 heteroatoms. The van der Waals surface area contributed by atoms with Crippen molar-refractivity contribution in [3.05, 3.63) is 53.1 Å². The van der Waals surface area contributed by atoms with Crippen molar-refractivity contribution in [2.75, 3.05) is 11.9 Å². The van der Waals surface area contributed by atoms with Crippen LogP contribution in [0, 0.1) is 13.8 Å². The Morgan fingerprint density at radius 3 is 3.00 bits per heavy atom. The van der Waals surface area contributed by atoms with Gasteiger partial charge in [-0.05, 0) is 44.2 Å². The minimum absolute atomic E-state index is 0.858. The zero-order valence-electron chi connectivity index (χ0n) is 13.8. The van der Waals surface area contributed by atoms with E-state index in [2.05, 4.69) is 45.0 Å². The van der Waals surface area contributed by atoms with Gasteiger partial charge in [0.05, 0.1) is 17.4 Å². The number of benzene rings is 1. The molecule has 1 N–H and O–H groups in total. The van der Waals surface area contributed by atoms with E-state index in [0.29, 0.717) is 0 Å². The lowest BCUT2D eigenvalue weighted by Gasteiger charge is -2.16. The monoisotopic (exact) mass is 306 g/mol. The summed E-state index contributed by atoms with van der Waals surface area (Å²) in [6.45, 7) is 6.25. The first-order valence-electron chi connectivity index (χ1n) is 8.36. The van der Waals surface area contributed by atoms with E-state index >= 15 is 0 Å². The molecule has 4 rings (SSSR count). The van der Waals surface area contributed by atoms with Crippen molar-refractivity contribution in [1.82, 2.24) is 14.5 Å². The van der Waals surface area contributed by atoms with Gasteiger partial charge in [0.15, 0.2) is 0 Å². The fourth-order valence-corrected chi connectivity index (χ4v) is 3.77. The molecule has 0 saturated heterocycles. The summed E-state index contributed by atoms with van der Waals surface area (Å²) in [4.78, 5) is 8.64. The highest BCUT2D eigenvalue weighted by Crippen LogP contribution is 2.32. The Kier molecular flexibility index (Phi) is 3.52. The second-order valence-electron chi connectivity index (χ2n) is 6.35. The number of nitrogens with zero attached hydrogens (tertiary/aromatic N) is 3. The summed E-state index contributed by atoms with van der Waals surface area (Å²) in [5.41, 5.74) is 6.79. The largest absolute Gasteiger partial charge is 0.368 e. The van der Waals surface area contributed by atoms with Crippen LogP contribution in [0.5, 0.6) is 0 Å². The maximum Gasteiger partial charge on any atom is 0.144 e. The van der Waals surface area contributed by atoms with E-state index in [4.69, 9.17) is 0 Å². The average molecular weight is 306 g/mol. The van der Waals surface area contributed by atoms with Crippen LogP contribution in [0.1, 0.15) is 28.9 Å². The van der Waals surface area contributed by atoms with Crippen molar-refractivity contribution >= 4 is 16.7 Å². The number of hydrogen-bond donors (Lipinski definition) is 1. The second kappa shape index (κ2) is 5.69. The van der Waals surface area contributed by atoms with Crippen LogP contribution in [0.2, 0.25) is 0 Å². The quantitative estimate of drug-likeness (QED) is 0.800. The van der Waals surface area contributed by atoms with Gasteiger partial charge in [-0.2, -0.15) is 0 Å². The van der Waals surface area contributed by atoms with Gasteiger partial charge in [-0.3, -0.25) is 4.98 Å². The molecular weight excluding hydrogens is 284 g/mol. The van der Waals surface area contributed by atoms with Gasteiger partial charge < -0.3 is 9.88 Å². The zero-order valence-corrected chi connectivity index (χ0v) is 13.8. The number of hydrogen-bond acceptors (Lipinski definition) is 3. The highest BCUT2D eigenvalue weighted by atomic mass is 15.0. The van der Waals surface area contributed by atoms with Gasteiger partial charge in [-0.1, -0.05) is 18.2 Å². The first kappa shape index (κ1) is 14.2. The lowest BCUT2D eigenvalue weighted by Crippen LogP contribution is -2.09. The Bertz CT molecular complexity index is 863. The molecule has 1 aromatic carbocycles. The molecule has 0 fully saturated rings. The van der Waals surface area contributed by atoms with Crippen LogP contribution >= 0.6 is 0 Å². The average Bonchev–Trinajstić information content (AvgIpc) is 2.83. The van der Waals surface area contributed by atoms with Crippen LogP contribution in [0.15, 0.2) is 30.6 Å². The Balaban J connectivity index is 1.60. The van der Waals surface area contributed by atoms with Crippen molar-refractivity contribution in [3.8, 4) is 0 Å². The van der Waals surface area contributed by atoms with Crippen LogP contribution in [0.4, 0.5) is 5.82 Å². The predicted molar refractivity (Wildman–Crippen MR) is 94.0 cm³/mol. The van der Waals surface area contributed by atoms with Crippen molar-refractivity contribution in [2.45, 2.75) is 39.7 Å². The van der Waals surface area contributed by atoms with E-state index in [9.17, 15) is 0 Å². The molecular formula is C19H22N4. The Labute approximate surface area is 136 Å². The first-order chi connectivity index (χ1) is 11.2. The van der Waals surface area contributed by atoms with Gasteiger partial charge >= 0.3 is 0 Å². The van der Waals surface area contributed by atoms with Crippen LogP contribution in [0.25, 0.3) is 10.9 Å². The smallest absolute Gasteiger partial charge is 0.144 e. The van der Waals surface area contributed by atoms with Crippen molar-refractivity contribution in [3.63, 3.8) is 0 Å². The topological polar surface area (TPSA) is 42.7 Å². The lowest BCUT2D eigenvalue weighted by atomic mass is 10.0. The molecule has 0 bridgehead atoms.